The highest BCUT2D eigenvalue weighted by Crippen LogP contribution is 2.62. The van der Waals surface area contributed by atoms with Crippen LogP contribution < -0.4 is 5.32 Å². The number of esters is 2. The van der Waals surface area contributed by atoms with Gasteiger partial charge in [-0.05, 0) is 54.8 Å². The molecule has 2 radical (unpaired) electrons. The van der Waals surface area contributed by atoms with Gasteiger partial charge in [-0.25, -0.2) is 9.59 Å². The van der Waals surface area contributed by atoms with Gasteiger partial charge in [0.25, 0.3) is 5.91 Å². The lowest BCUT2D eigenvalue weighted by molar-refractivity contribution is -0.231. The molecule has 4 aliphatic rings. The van der Waals surface area contributed by atoms with E-state index in [1.807, 2.05) is 0 Å². The van der Waals surface area contributed by atoms with Crippen molar-refractivity contribution in [3.05, 3.63) is 131 Å². The number of ketones is 1. The number of Topliss-reactive ketones (excluding diaryl/α,β-unsaturated/α-hetero) is 1. The Morgan fingerprint density at radius 1 is 0.889 bits per heavy atom. The monoisotopic (exact) mass is 735 g/mol. The molecule has 1 amide bonds. The summed E-state index contributed by atoms with van der Waals surface area (Å²) in [5.41, 5.74) is -2.94. The first kappa shape index (κ1) is 37.6. The summed E-state index contributed by atoms with van der Waals surface area (Å²) < 4.78 is 18.2. The number of rotatable bonds is 8. The maximum Gasteiger partial charge on any atom is 0.338 e. The second-order valence-corrected chi connectivity index (χ2v) is 15.5. The Kier molecular flexibility index (Phi) is 9.89. The van der Waals surface area contributed by atoms with Crippen molar-refractivity contribution < 1.29 is 48.7 Å². The molecule has 54 heavy (non-hydrogen) atoms. The van der Waals surface area contributed by atoms with Crippen LogP contribution in [0, 0.1) is 29.1 Å². The Morgan fingerprint density at radius 3 is 2.07 bits per heavy atom. The predicted octanol–water partition coefficient (Wildman–Crippen LogP) is 4.28. The lowest BCUT2D eigenvalue weighted by Gasteiger charge is -2.63. The Labute approximate surface area is 314 Å². The summed E-state index contributed by atoms with van der Waals surface area (Å²) in [5, 5.41) is 39.2. The number of nitrogens with one attached hydrogen (secondary N) is 1. The molecule has 3 fully saturated rings. The summed E-state index contributed by atoms with van der Waals surface area (Å²) in [4.78, 5) is 55.7. The zero-order valence-electron chi connectivity index (χ0n) is 30.6. The third-order valence-electron chi connectivity index (χ3n) is 12.3. The first-order valence-corrected chi connectivity index (χ1v) is 18.2. The molecule has 3 aromatic carbocycles. The van der Waals surface area contributed by atoms with Crippen LogP contribution in [0.4, 0.5) is 0 Å². The van der Waals surface area contributed by atoms with Crippen molar-refractivity contribution in [2.24, 2.45) is 16.7 Å². The van der Waals surface area contributed by atoms with Gasteiger partial charge in [-0.3, -0.25) is 9.59 Å². The fourth-order valence-corrected chi connectivity index (χ4v) is 8.81. The Hall–Kier alpha value is -4.68. The zero-order chi connectivity index (χ0) is 38.6. The van der Waals surface area contributed by atoms with E-state index >= 15 is 0 Å². The molecular formula is C43H45NO10. The topological polar surface area (TPSA) is 169 Å². The highest BCUT2D eigenvalue weighted by molar-refractivity contribution is 5.98. The van der Waals surface area contributed by atoms with Crippen molar-refractivity contribution in [1.82, 2.24) is 5.32 Å². The molecule has 7 rings (SSSR count). The van der Waals surface area contributed by atoms with Gasteiger partial charge in [-0.2, -0.15) is 0 Å². The molecule has 0 spiro atoms. The highest BCUT2D eigenvalue weighted by Gasteiger charge is 2.71. The van der Waals surface area contributed by atoms with Gasteiger partial charge in [0.1, 0.15) is 23.6 Å². The molecule has 9 atom stereocenters. The maximum atomic E-state index is 14.5. The number of fused-ring (bicyclic) bond motifs is 5. The van der Waals surface area contributed by atoms with Crippen molar-refractivity contribution in [2.75, 3.05) is 6.61 Å². The van der Waals surface area contributed by atoms with E-state index in [0.717, 1.165) is 5.92 Å². The molecule has 2 saturated carbocycles. The fraction of sp³-hybridized carbons (Fsp3) is 0.395. The average molecular weight is 736 g/mol. The van der Waals surface area contributed by atoms with Crippen molar-refractivity contribution in [2.45, 2.75) is 82.7 Å². The molecule has 0 unspecified atom stereocenters. The molecule has 3 aromatic rings. The number of carbonyl (C=O) groups excluding carboxylic acids is 4. The summed E-state index contributed by atoms with van der Waals surface area (Å²) in [6.45, 7) is 6.98. The number of amides is 1. The van der Waals surface area contributed by atoms with E-state index in [-0.39, 0.29) is 25.0 Å². The molecule has 0 aromatic heterocycles. The first-order chi connectivity index (χ1) is 25.7. The molecule has 3 aliphatic carbocycles. The smallest absolute Gasteiger partial charge is 0.338 e. The van der Waals surface area contributed by atoms with Gasteiger partial charge in [-0.15, -0.1) is 0 Å². The number of hydrogen-bond acceptors (Lipinski definition) is 10. The SMILES string of the molecule is CC1=C2[CH]C(=O)[C@]3(C)[C@@H](O)C[C@H]4OC[C]4[C@H]3[C@H](OC(=O)c3ccccc3)[C@](O)(C[C@@H]1OC(=O)[C@H](O)[C@@H](NC(=O)c1ccccc1)c1ccccc1)C2(C)C. The largest absolute Gasteiger partial charge is 0.456 e. The van der Waals surface area contributed by atoms with Gasteiger partial charge < -0.3 is 34.8 Å². The summed E-state index contributed by atoms with van der Waals surface area (Å²) in [6.07, 6.45) is -4.87. The number of ether oxygens (including phenoxy) is 3. The standard InChI is InChI=1S/C43H45NO10/c1-24-29-20-32(45)42(4)33(46)21-30-28(23-52-30)34(42)37(54-39(49)27-18-12-7-13-19-27)43(51,41(29,2)3)22-31(24)53-40(50)36(47)35(25-14-8-5-9-15-25)44-38(48)26-16-10-6-11-17-26/h5-20,30-31,33-37,46-47,51H,21-23H2,1-4H3,(H,44,48)/t30-,31+,33+,34+,35+,36-,37+,42-,43-/m1/s1. The second-order valence-electron chi connectivity index (χ2n) is 15.5. The van der Waals surface area contributed by atoms with E-state index in [9.17, 15) is 34.5 Å². The molecule has 282 valence electrons. The average Bonchev–Trinajstić information content (AvgIpc) is 3.16. The molecule has 4 N–H and O–H groups in total. The number of carbonyl (C=O) groups is 4. The van der Waals surface area contributed by atoms with Crippen LogP contribution in [-0.2, 0) is 23.8 Å². The van der Waals surface area contributed by atoms with E-state index in [4.69, 9.17) is 14.2 Å². The highest BCUT2D eigenvalue weighted by atomic mass is 16.6. The van der Waals surface area contributed by atoms with Gasteiger partial charge in [0.05, 0.1) is 42.3 Å². The van der Waals surface area contributed by atoms with Gasteiger partial charge >= 0.3 is 11.9 Å². The van der Waals surface area contributed by atoms with Crippen LogP contribution in [0.1, 0.15) is 72.9 Å². The summed E-state index contributed by atoms with van der Waals surface area (Å²) in [6, 6.07) is 24.0. The Morgan fingerprint density at radius 2 is 1.48 bits per heavy atom. The summed E-state index contributed by atoms with van der Waals surface area (Å²) in [7, 11) is 0. The third-order valence-corrected chi connectivity index (χ3v) is 12.3. The van der Waals surface area contributed by atoms with E-state index < -0.39 is 82.5 Å². The lowest BCUT2D eigenvalue weighted by Crippen LogP contribution is -2.72. The minimum Gasteiger partial charge on any atom is -0.456 e. The van der Waals surface area contributed by atoms with Crippen molar-refractivity contribution in [3.63, 3.8) is 0 Å². The third kappa shape index (κ3) is 6.17. The molecule has 1 heterocycles. The van der Waals surface area contributed by atoms with Crippen LogP contribution in [0.15, 0.2) is 102 Å². The summed E-state index contributed by atoms with van der Waals surface area (Å²) in [5.74, 6) is -2.98. The van der Waals surface area contributed by atoms with Crippen LogP contribution in [0.2, 0.25) is 0 Å². The first-order valence-electron chi connectivity index (χ1n) is 18.2. The fourth-order valence-electron chi connectivity index (χ4n) is 8.81. The van der Waals surface area contributed by atoms with Gasteiger partial charge in [-0.1, -0.05) is 80.6 Å². The number of hydrogen-bond donors (Lipinski definition) is 4. The minimum absolute atomic E-state index is 0.155. The second kappa shape index (κ2) is 14.2. The predicted molar refractivity (Wildman–Crippen MR) is 195 cm³/mol. The van der Waals surface area contributed by atoms with Gasteiger partial charge in [0.15, 0.2) is 6.10 Å². The van der Waals surface area contributed by atoms with Crippen LogP contribution in [0.5, 0.6) is 0 Å². The Balaban J connectivity index is 1.27. The molecule has 2 bridgehead atoms. The summed E-state index contributed by atoms with van der Waals surface area (Å²) >= 11 is 0. The van der Waals surface area contributed by atoms with Crippen molar-refractivity contribution in [1.29, 1.82) is 0 Å². The number of aliphatic hydroxyl groups is 3. The number of benzene rings is 3. The molecule has 11 nitrogen and oxygen atoms in total. The molecule has 1 saturated heterocycles. The maximum absolute atomic E-state index is 14.5. The lowest BCUT2D eigenvalue weighted by atomic mass is 9.46. The van der Waals surface area contributed by atoms with Crippen molar-refractivity contribution in [3.8, 4) is 0 Å². The number of aliphatic hydroxyl groups excluding tert-OH is 2. The van der Waals surface area contributed by atoms with E-state index in [0.29, 0.717) is 22.3 Å². The van der Waals surface area contributed by atoms with E-state index in [2.05, 4.69) is 5.32 Å². The normalized spacial score (nSPS) is 31.3. The molecule has 11 heteroatoms. The Bertz CT molecular complexity index is 1950. The van der Waals surface area contributed by atoms with Crippen LogP contribution in [0.3, 0.4) is 0 Å². The van der Waals surface area contributed by atoms with Crippen LogP contribution in [-0.4, -0.2) is 81.7 Å². The van der Waals surface area contributed by atoms with Crippen LogP contribution in [0.25, 0.3) is 0 Å². The quantitative estimate of drug-likeness (QED) is 0.245. The van der Waals surface area contributed by atoms with E-state index in [1.165, 1.54) is 6.42 Å². The van der Waals surface area contributed by atoms with Gasteiger partial charge in [0.2, 0.25) is 0 Å². The minimum atomic E-state index is -1.99. The zero-order valence-corrected chi connectivity index (χ0v) is 30.6. The molecular weight excluding hydrogens is 690 g/mol. The molecule has 1 aliphatic heterocycles. The van der Waals surface area contributed by atoms with Crippen LogP contribution >= 0.6 is 0 Å². The van der Waals surface area contributed by atoms with E-state index in [1.54, 1.807) is 119 Å². The van der Waals surface area contributed by atoms with Crippen molar-refractivity contribution >= 4 is 23.6 Å². The van der Waals surface area contributed by atoms with Gasteiger partial charge in [0, 0.05) is 35.7 Å².